The standard InChI is InChI=1S/C12H15N3O3S/c1-15-12(13)9(7-14-15)8-5-4-6-10(11(8)18-2)19(3,16)17/h4-7H,13H2,1-3H3. The van der Waals surface area contributed by atoms with E-state index < -0.39 is 9.84 Å². The third-order valence-corrected chi connectivity index (χ3v) is 3.98. The fraction of sp³-hybridized carbons (Fsp3) is 0.250. The third-order valence-electron chi connectivity index (χ3n) is 2.86. The number of hydrogen-bond donors (Lipinski definition) is 1. The Hall–Kier alpha value is -2.02. The molecule has 0 spiro atoms. The van der Waals surface area contributed by atoms with E-state index in [2.05, 4.69) is 5.10 Å². The normalized spacial score (nSPS) is 11.5. The molecule has 1 aromatic carbocycles. The van der Waals surface area contributed by atoms with E-state index >= 15 is 0 Å². The zero-order valence-corrected chi connectivity index (χ0v) is 11.7. The van der Waals surface area contributed by atoms with Crippen molar-refractivity contribution in [3.63, 3.8) is 0 Å². The van der Waals surface area contributed by atoms with E-state index in [4.69, 9.17) is 10.5 Å². The van der Waals surface area contributed by atoms with Crippen LogP contribution in [0.4, 0.5) is 5.82 Å². The molecule has 102 valence electrons. The number of nitrogen functional groups attached to an aromatic ring is 1. The highest BCUT2D eigenvalue weighted by Crippen LogP contribution is 2.37. The Kier molecular flexibility index (Phi) is 3.23. The summed E-state index contributed by atoms with van der Waals surface area (Å²) < 4.78 is 30.3. The highest BCUT2D eigenvalue weighted by Gasteiger charge is 2.20. The number of benzene rings is 1. The van der Waals surface area contributed by atoms with Crippen molar-refractivity contribution in [1.29, 1.82) is 0 Å². The summed E-state index contributed by atoms with van der Waals surface area (Å²) in [6, 6.07) is 4.91. The summed E-state index contributed by atoms with van der Waals surface area (Å²) in [5.74, 6) is 0.730. The van der Waals surface area contributed by atoms with Crippen LogP contribution in [0.2, 0.25) is 0 Å². The second-order valence-electron chi connectivity index (χ2n) is 4.18. The molecular formula is C12H15N3O3S. The summed E-state index contributed by atoms with van der Waals surface area (Å²) in [4.78, 5) is 0.135. The van der Waals surface area contributed by atoms with Gasteiger partial charge in [-0.3, -0.25) is 4.68 Å². The lowest BCUT2D eigenvalue weighted by Gasteiger charge is -2.12. The fourth-order valence-corrected chi connectivity index (χ4v) is 2.74. The van der Waals surface area contributed by atoms with Gasteiger partial charge >= 0.3 is 0 Å². The molecule has 2 N–H and O–H groups in total. The molecule has 0 aliphatic carbocycles. The molecule has 7 heteroatoms. The zero-order valence-electron chi connectivity index (χ0n) is 10.9. The van der Waals surface area contributed by atoms with Gasteiger partial charge in [-0.05, 0) is 6.07 Å². The number of sulfone groups is 1. The van der Waals surface area contributed by atoms with Gasteiger partial charge in [-0.25, -0.2) is 8.42 Å². The molecule has 0 saturated carbocycles. The Balaban J connectivity index is 2.76. The van der Waals surface area contributed by atoms with E-state index in [1.165, 1.54) is 17.9 Å². The van der Waals surface area contributed by atoms with Gasteiger partial charge in [0.05, 0.1) is 13.3 Å². The number of hydrogen-bond acceptors (Lipinski definition) is 5. The van der Waals surface area contributed by atoms with E-state index in [0.717, 1.165) is 6.26 Å². The number of aromatic nitrogens is 2. The summed E-state index contributed by atoms with van der Waals surface area (Å²) in [5.41, 5.74) is 7.16. The lowest BCUT2D eigenvalue weighted by Crippen LogP contribution is -2.03. The largest absolute Gasteiger partial charge is 0.495 e. The maximum atomic E-state index is 11.8. The van der Waals surface area contributed by atoms with Crippen LogP contribution in [-0.4, -0.2) is 31.6 Å². The first-order valence-electron chi connectivity index (χ1n) is 5.51. The van der Waals surface area contributed by atoms with Gasteiger partial charge in [-0.15, -0.1) is 0 Å². The van der Waals surface area contributed by atoms with Crippen molar-refractivity contribution < 1.29 is 13.2 Å². The quantitative estimate of drug-likeness (QED) is 0.909. The number of aryl methyl sites for hydroxylation is 1. The van der Waals surface area contributed by atoms with Gasteiger partial charge in [0, 0.05) is 24.4 Å². The van der Waals surface area contributed by atoms with Crippen LogP contribution in [-0.2, 0) is 16.9 Å². The minimum absolute atomic E-state index is 0.135. The topological polar surface area (TPSA) is 87.2 Å². The molecule has 0 radical (unpaired) electrons. The van der Waals surface area contributed by atoms with Gasteiger partial charge in [0.25, 0.3) is 0 Å². The molecule has 0 atom stereocenters. The van der Waals surface area contributed by atoms with E-state index in [1.54, 1.807) is 25.4 Å². The summed E-state index contributed by atoms with van der Waals surface area (Å²) in [5, 5.41) is 4.05. The van der Waals surface area contributed by atoms with Crippen molar-refractivity contribution >= 4 is 15.7 Å². The fourth-order valence-electron chi connectivity index (χ4n) is 1.88. The van der Waals surface area contributed by atoms with E-state index in [1.807, 2.05) is 0 Å². The number of nitrogens with zero attached hydrogens (tertiary/aromatic N) is 2. The first-order valence-corrected chi connectivity index (χ1v) is 7.40. The predicted octanol–water partition coefficient (Wildman–Crippen LogP) is 1.08. The Morgan fingerprint density at radius 1 is 1.32 bits per heavy atom. The molecular weight excluding hydrogens is 266 g/mol. The van der Waals surface area contributed by atoms with Gasteiger partial charge in [0.2, 0.25) is 0 Å². The molecule has 0 bridgehead atoms. The third kappa shape index (κ3) is 2.28. The van der Waals surface area contributed by atoms with Gasteiger partial charge in [-0.1, -0.05) is 12.1 Å². The van der Waals surface area contributed by atoms with E-state index in [9.17, 15) is 8.42 Å². The van der Waals surface area contributed by atoms with Crippen LogP contribution >= 0.6 is 0 Å². The Morgan fingerprint density at radius 2 is 2.00 bits per heavy atom. The predicted molar refractivity (Wildman–Crippen MR) is 72.7 cm³/mol. The maximum Gasteiger partial charge on any atom is 0.179 e. The number of methoxy groups -OCH3 is 1. The van der Waals surface area contributed by atoms with E-state index in [-0.39, 0.29) is 10.6 Å². The Bertz CT molecular complexity index is 720. The second-order valence-corrected chi connectivity index (χ2v) is 6.16. The average molecular weight is 281 g/mol. The highest BCUT2D eigenvalue weighted by molar-refractivity contribution is 7.90. The second kappa shape index (κ2) is 4.58. The summed E-state index contributed by atoms with van der Waals surface area (Å²) in [6.07, 6.45) is 2.72. The molecule has 19 heavy (non-hydrogen) atoms. The molecule has 0 aliphatic heterocycles. The molecule has 0 aliphatic rings. The van der Waals surface area contributed by atoms with Crippen LogP contribution in [0.3, 0.4) is 0 Å². The molecule has 1 heterocycles. The molecule has 6 nitrogen and oxygen atoms in total. The van der Waals surface area contributed by atoms with Gasteiger partial charge in [-0.2, -0.15) is 5.10 Å². The molecule has 2 aromatic rings. The summed E-state index contributed by atoms with van der Waals surface area (Å²) >= 11 is 0. The number of rotatable bonds is 3. The first kappa shape index (κ1) is 13.4. The number of nitrogens with two attached hydrogens (primary N) is 1. The molecule has 2 rings (SSSR count). The molecule has 0 unspecified atom stereocenters. The number of ether oxygens (including phenoxy) is 1. The van der Waals surface area contributed by atoms with Crippen LogP contribution in [0.1, 0.15) is 0 Å². The first-order chi connectivity index (χ1) is 8.86. The van der Waals surface area contributed by atoms with Crippen molar-refractivity contribution in [3.8, 4) is 16.9 Å². The molecule has 0 amide bonds. The average Bonchev–Trinajstić information content (AvgIpc) is 2.68. The Labute approximate surface area is 111 Å². The van der Waals surface area contributed by atoms with Gasteiger partial charge in [0.15, 0.2) is 9.84 Å². The van der Waals surface area contributed by atoms with Crippen LogP contribution in [0.15, 0.2) is 29.3 Å². The van der Waals surface area contributed by atoms with Crippen molar-refractivity contribution in [2.24, 2.45) is 7.05 Å². The summed E-state index contributed by atoms with van der Waals surface area (Å²) in [6.45, 7) is 0. The van der Waals surface area contributed by atoms with Gasteiger partial charge in [0.1, 0.15) is 16.5 Å². The summed E-state index contributed by atoms with van der Waals surface area (Å²) in [7, 11) is -0.231. The monoisotopic (exact) mass is 281 g/mol. The zero-order chi connectivity index (χ0) is 14.2. The molecule has 0 saturated heterocycles. The van der Waals surface area contributed by atoms with Crippen molar-refractivity contribution in [3.05, 3.63) is 24.4 Å². The number of anilines is 1. The minimum atomic E-state index is -3.38. The minimum Gasteiger partial charge on any atom is -0.495 e. The smallest absolute Gasteiger partial charge is 0.179 e. The van der Waals surface area contributed by atoms with Crippen LogP contribution < -0.4 is 10.5 Å². The highest BCUT2D eigenvalue weighted by atomic mass is 32.2. The maximum absolute atomic E-state index is 11.8. The SMILES string of the molecule is COc1c(-c2cnn(C)c2N)cccc1S(C)(=O)=O. The Morgan fingerprint density at radius 3 is 2.47 bits per heavy atom. The van der Waals surface area contributed by atoms with Crippen LogP contribution in [0.5, 0.6) is 5.75 Å². The molecule has 0 fully saturated rings. The van der Waals surface area contributed by atoms with Crippen molar-refractivity contribution in [2.75, 3.05) is 19.1 Å². The number of para-hydroxylation sites is 1. The van der Waals surface area contributed by atoms with Crippen LogP contribution in [0.25, 0.3) is 11.1 Å². The van der Waals surface area contributed by atoms with E-state index in [0.29, 0.717) is 16.9 Å². The van der Waals surface area contributed by atoms with Crippen molar-refractivity contribution in [1.82, 2.24) is 9.78 Å². The lowest BCUT2D eigenvalue weighted by molar-refractivity contribution is 0.404. The lowest BCUT2D eigenvalue weighted by atomic mass is 10.1. The molecule has 1 aromatic heterocycles. The van der Waals surface area contributed by atoms with Crippen LogP contribution in [0, 0.1) is 0 Å². The van der Waals surface area contributed by atoms with Crippen molar-refractivity contribution in [2.45, 2.75) is 4.90 Å². The van der Waals surface area contributed by atoms with Gasteiger partial charge < -0.3 is 10.5 Å².